The predicted octanol–water partition coefficient (Wildman–Crippen LogP) is 6.23. The number of ketones is 1. The number of carbonyl (C=O) groups is 2. The average Bonchev–Trinajstić information content (AvgIpc) is 3.38. The summed E-state index contributed by atoms with van der Waals surface area (Å²) in [6.07, 6.45) is 4.27. The molecule has 0 aliphatic carbocycles. The molecule has 1 aromatic rings. The summed E-state index contributed by atoms with van der Waals surface area (Å²) in [5.41, 5.74) is -0.433. The molecule has 2 heterocycles. The first-order chi connectivity index (χ1) is 20.2. The van der Waals surface area contributed by atoms with E-state index in [1.165, 1.54) is 0 Å². The van der Waals surface area contributed by atoms with Gasteiger partial charge in [-0.05, 0) is 88.2 Å². The number of benzene rings is 1. The van der Waals surface area contributed by atoms with E-state index < -0.39 is 29.2 Å². The van der Waals surface area contributed by atoms with Crippen molar-refractivity contribution in [1.82, 2.24) is 0 Å². The van der Waals surface area contributed by atoms with Crippen LogP contribution in [0.5, 0.6) is 5.75 Å². The van der Waals surface area contributed by atoms with Crippen LogP contribution in [0, 0.1) is 30.6 Å². The maximum Gasteiger partial charge on any atom is 0.339 e. The molecule has 0 radical (unpaired) electrons. The molecule has 4 N–H and O–H groups in total. The summed E-state index contributed by atoms with van der Waals surface area (Å²) >= 11 is 0. The molecule has 0 aromatic heterocycles. The van der Waals surface area contributed by atoms with Crippen molar-refractivity contribution in [3.05, 3.63) is 28.8 Å². The first-order valence-electron chi connectivity index (χ1n) is 16.5. The molecular weight excluding hydrogens is 548 g/mol. The highest BCUT2D eigenvalue weighted by Gasteiger charge is 2.55. The van der Waals surface area contributed by atoms with Gasteiger partial charge in [-0.1, -0.05) is 60.1 Å². The molecule has 244 valence electrons. The maximum atomic E-state index is 14.0. The molecule has 0 amide bonds. The molecule has 10 atom stereocenters. The molecule has 3 rings (SSSR count). The number of ether oxygens (including phenoxy) is 2. The number of hydrogen-bond donors (Lipinski definition) is 4. The van der Waals surface area contributed by atoms with Gasteiger partial charge in [-0.2, -0.15) is 0 Å². The standard InChI is InChI=1S/C35H56O8/c1-9-24-19-35(12-4,27-17-18-34(41,11-3)23(8)42-27)43-32(24)26(10-2)31(38)22(7)29(36)20(5)13-15-25-16-14-21(6)30(37)28(25)33(39)40/h14,16,20,22-24,26-27,29,32,36-37,41H,9-13,15,17-19H2,1-8H3,(H,39,40)/t20-,22+,23+,24+,26+,27-,29+,32+,34-,35+/m1/s1. The highest BCUT2D eigenvalue weighted by Crippen LogP contribution is 2.49. The van der Waals surface area contributed by atoms with Gasteiger partial charge < -0.3 is 29.9 Å². The van der Waals surface area contributed by atoms with Crippen molar-refractivity contribution in [2.24, 2.45) is 23.7 Å². The fourth-order valence-corrected chi connectivity index (χ4v) is 7.63. The van der Waals surface area contributed by atoms with Gasteiger partial charge in [-0.3, -0.25) is 4.79 Å². The van der Waals surface area contributed by atoms with Crippen molar-refractivity contribution in [2.75, 3.05) is 0 Å². The van der Waals surface area contributed by atoms with Crippen LogP contribution in [-0.4, -0.2) is 67.8 Å². The van der Waals surface area contributed by atoms with Crippen LogP contribution in [0.3, 0.4) is 0 Å². The number of aliphatic hydroxyl groups is 2. The highest BCUT2D eigenvalue weighted by molar-refractivity contribution is 5.93. The molecule has 8 nitrogen and oxygen atoms in total. The largest absolute Gasteiger partial charge is 0.507 e. The van der Waals surface area contributed by atoms with Crippen LogP contribution in [-0.2, 0) is 20.7 Å². The number of aromatic carboxylic acids is 1. The number of hydrogen-bond acceptors (Lipinski definition) is 7. The Morgan fingerprint density at radius 2 is 1.79 bits per heavy atom. The van der Waals surface area contributed by atoms with Crippen molar-refractivity contribution in [2.45, 2.75) is 149 Å². The number of aliphatic hydroxyl groups excluding tert-OH is 1. The van der Waals surface area contributed by atoms with Gasteiger partial charge in [0.1, 0.15) is 17.1 Å². The van der Waals surface area contributed by atoms with Crippen LogP contribution in [0.4, 0.5) is 0 Å². The zero-order valence-electron chi connectivity index (χ0n) is 27.6. The molecule has 2 aliphatic rings. The summed E-state index contributed by atoms with van der Waals surface area (Å²) in [6, 6.07) is 3.41. The van der Waals surface area contributed by atoms with Gasteiger partial charge >= 0.3 is 5.97 Å². The Hall–Kier alpha value is -2.00. The molecule has 2 aliphatic heterocycles. The molecule has 0 saturated carbocycles. The normalized spacial score (nSPS) is 32.2. The molecular formula is C35H56O8. The van der Waals surface area contributed by atoms with Crippen molar-refractivity contribution < 1.29 is 39.5 Å². The minimum absolute atomic E-state index is 0.00491. The Labute approximate surface area is 258 Å². The Balaban J connectivity index is 1.73. The van der Waals surface area contributed by atoms with Crippen LogP contribution in [0.2, 0.25) is 0 Å². The smallest absolute Gasteiger partial charge is 0.339 e. The molecule has 2 fully saturated rings. The lowest BCUT2D eigenvalue weighted by Crippen LogP contribution is -2.55. The molecule has 1 aromatic carbocycles. The van der Waals surface area contributed by atoms with E-state index in [9.17, 15) is 30.0 Å². The van der Waals surface area contributed by atoms with Crippen LogP contribution < -0.4 is 0 Å². The average molecular weight is 605 g/mol. The third kappa shape index (κ3) is 7.13. The van der Waals surface area contributed by atoms with E-state index in [4.69, 9.17) is 9.47 Å². The van der Waals surface area contributed by atoms with E-state index in [0.717, 1.165) is 19.3 Å². The first kappa shape index (κ1) is 35.5. The summed E-state index contributed by atoms with van der Waals surface area (Å²) in [7, 11) is 0. The van der Waals surface area contributed by atoms with E-state index in [1.807, 2.05) is 27.7 Å². The zero-order chi connectivity index (χ0) is 32.3. The summed E-state index contributed by atoms with van der Waals surface area (Å²) in [5.74, 6) is -2.48. The van der Waals surface area contributed by atoms with Crippen molar-refractivity contribution in [3.8, 4) is 5.75 Å². The number of rotatable bonds is 14. The predicted molar refractivity (Wildman–Crippen MR) is 166 cm³/mol. The molecule has 2 saturated heterocycles. The first-order valence-corrected chi connectivity index (χ1v) is 16.5. The Morgan fingerprint density at radius 1 is 1.12 bits per heavy atom. The Bertz CT molecular complexity index is 1120. The minimum Gasteiger partial charge on any atom is -0.507 e. The summed E-state index contributed by atoms with van der Waals surface area (Å²) < 4.78 is 13.4. The monoisotopic (exact) mass is 604 g/mol. The van der Waals surface area contributed by atoms with E-state index in [0.29, 0.717) is 49.7 Å². The second kappa shape index (κ2) is 14.4. The van der Waals surface area contributed by atoms with Crippen molar-refractivity contribution >= 4 is 11.8 Å². The van der Waals surface area contributed by atoms with Crippen molar-refractivity contribution in [3.63, 3.8) is 0 Å². The molecule has 0 bridgehead atoms. The van der Waals surface area contributed by atoms with E-state index in [-0.39, 0.29) is 53.2 Å². The van der Waals surface area contributed by atoms with Crippen LogP contribution in [0.1, 0.15) is 121 Å². The number of Topliss-reactive ketones (excluding diaryl/α,β-unsaturated/α-hetero) is 1. The second-order valence-electron chi connectivity index (χ2n) is 13.4. The lowest BCUT2D eigenvalue weighted by molar-refractivity contribution is -0.229. The fourth-order valence-electron chi connectivity index (χ4n) is 7.63. The number of aromatic hydroxyl groups is 1. The van der Waals surface area contributed by atoms with Gasteiger partial charge in [0.25, 0.3) is 0 Å². The number of carboxylic acid groups (broad SMARTS) is 1. The van der Waals surface area contributed by atoms with E-state index >= 15 is 0 Å². The lowest BCUT2D eigenvalue weighted by atomic mass is 9.75. The van der Waals surface area contributed by atoms with Crippen LogP contribution >= 0.6 is 0 Å². The Kier molecular flexibility index (Phi) is 11.9. The van der Waals surface area contributed by atoms with Crippen LogP contribution in [0.25, 0.3) is 0 Å². The molecule has 0 spiro atoms. The molecule has 43 heavy (non-hydrogen) atoms. The molecule has 8 heteroatoms. The van der Waals surface area contributed by atoms with Gasteiger partial charge in [0.15, 0.2) is 0 Å². The fraction of sp³-hybridized carbons (Fsp3) is 0.771. The topological polar surface area (TPSA) is 134 Å². The number of carbonyl (C=O) groups excluding carboxylic acids is 1. The van der Waals surface area contributed by atoms with Crippen LogP contribution in [0.15, 0.2) is 12.1 Å². The quantitative estimate of drug-likeness (QED) is 0.196. The summed E-state index contributed by atoms with van der Waals surface area (Å²) in [6.45, 7) is 15.5. The third-order valence-corrected chi connectivity index (χ3v) is 11.0. The van der Waals surface area contributed by atoms with Gasteiger partial charge in [0.2, 0.25) is 0 Å². The van der Waals surface area contributed by atoms with Crippen molar-refractivity contribution in [1.29, 1.82) is 0 Å². The zero-order valence-corrected chi connectivity index (χ0v) is 27.6. The number of aryl methyl sites for hydroxylation is 2. The lowest BCUT2D eigenvalue weighted by Gasteiger charge is -2.47. The maximum absolute atomic E-state index is 14.0. The third-order valence-electron chi connectivity index (χ3n) is 11.0. The molecule has 0 unspecified atom stereocenters. The van der Waals surface area contributed by atoms with E-state index in [1.54, 1.807) is 26.0 Å². The Morgan fingerprint density at radius 3 is 2.33 bits per heavy atom. The summed E-state index contributed by atoms with van der Waals surface area (Å²) in [5, 5.41) is 42.2. The number of phenols is 1. The van der Waals surface area contributed by atoms with Gasteiger partial charge in [0.05, 0.1) is 35.6 Å². The second-order valence-corrected chi connectivity index (χ2v) is 13.4. The van der Waals surface area contributed by atoms with Gasteiger partial charge in [0, 0.05) is 11.8 Å². The van der Waals surface area contributed by atoms with E-state index in [2.05, 4.69) is 13.8 Å². The van der Waals surface area contributed by atoms with Gasteiger partial charge in [-0.15, -0.1) is 0 Å². The summed E-state index contributed by atoms with van der Waals surface area (Å²) in [4.78, 5) is 25.8. The minimum atomic E-state index is -1.18. The number of carboxylic acids is 1. The van der Waals surface area contributed by atoms with Gasteiger partial charge in [-0.25, -0.2) is 4.79 Å². The SMILES string of the molecule is CC[C@H]1C[C@@](CC)([C@H]2CC[C@](O)(CC)[C@H](C)O2)O[C@@H]1[C@@H](CC)C(=O)[C@@H](C)[C@@H](O)[C@H](C)CCc1ccc(C)c(O)c1C(=O)O. The highest BCUT2D eigenvalue weighted by atomic mass is 16.6.